The lowest BCUT2D eigenvalue weighted by Crippen LogP contribution is -2.09. The number of nitrogens with zero attached hydrogens (tertiary/aromatic N) is 3. The van der Waals surface area contributed by atoms with Crippen molar-refractivity contribution in [2.45, 2.75) is 6.54 Å². The van der Waals surface area contributed by atoms with Crippen molar-refractivity contribution in [2.75, 3.05) is 0 Å². The average molecular weight is 459 g/mol. The summed E-state index contributed by atoms with van der Waals surface area (Å²) >= 11 is 6.67. The summed E-state index contributed by atoms with van der Waals surface area (Å²) in [5, 5.41) is 3.44. The summed E-state index contributed by atoms with van der Waals surface area (Å²) in [4.78, 5) is 24.8. The highest BCUT2D eigenvalue weighted by Gasteiger charge is 2.24. The van der Waals surface area contributed by atoms with E-state index in [9.17, 15) is 4.79 Å². The highest BCUT2D eigenvalue weighted by molar-refractivity contribution is 6.36. The first-order valence-corrected chi connectivity index (χ1v) is 10.5. The smallest absolute Gasteiger partial charge is 0.362 e. The molecule has 0 radical (unpaired) electrons. The second-order valence-corrected chi connectivity index (χ2v) is 8.19. The molecule has 7 rings (SSSR count). The van der Waals surface area contributed by atoms with Gasteiger partial charge in [0.15, 0.2) is 0 Å². The number of halogens is 2. The van der Waals surface area contributed by atoms with Gasteiger partial charge in [0.1, 0.15) is 22.6 Å². The predicted molar refractivity (Wildman–Crippen MR) is 123 cm³/mol. The molecule has 1 N–H and O–H groups in total. The van der Waals surface area contributed by atoms with Crippen molar-refractivity contribution in [1.82, 2.24) is 19.5 Å². The number of furan rings is 1. The molecule has 0 aliphatic heterocycles. The molecule has 6 aromatic heterocycles. The zero-order valence-electron chi connectivity index (χ0n) is 16.7. The molecule has 0 aliphatic rings. The summed E-state index contributed by atoms with van der Waals surface area (Å²) in [5.41, 5.74) is 2.07. The monoisotopic (exact) mass is 458 g/mol. The number of pyridine rings is 2. The van der Waals surface area contributed by atoms with E-state index >= 15 is 4.39 Å². The second-order valence-electron chi connectivity index (χ2n) is 7.81. The van der Waals surface area contributed by atoms with Gasteiger partial charge in [0.05, 0.1) is 34.1 Å². The first-order chi connectivity index (χ1) is 16.1. The van der Waals surface area contributed by atoms with Crippen LogP contribution in [0, 0.1) is 5.82 Å². The molecule has 7 aromatic rings. The van der Waals surface area contributed by atoms with Gasteiger partial charge in [-0.15, -0.1) is 0 Å². The number of nitrogens with one attached hydrogen (secondary N) is 1. The fourth-order valence-electron chi connectivity index (χ4n) is 4.64. The molecule has 6 heterocycles. The second kappa shape index (κ2) is 6.43. The van der Waals surface area contributed by atoms with Crippen molar-refractivity contribution in [3.8, 4) is 0 Å². The molecule has 0 atom stereocenters. The molecule has 0 spiro atoms. The Labute approximate surface area is 188 Å². The summed E-state index contributed by atoms with van der Waals surface area (Å²) in [6.07, 6.45) is 6.38. The molecule has 0 amide bonds. The predicted octanol–water partition coefficient (Wildman–Crippen LogP) is 5.76. The third-order valence-corrected chi connectivity index (χ3v) is 6.51. The number of fused-ring (bicyclic) bond motifs is 8. The zero-order valence-corrected chi connectivity index (χ0v) is 17.5. The topological polar surface area (TPSA) is 89.8 Å². The van der Waals surface area contributed by atoms with E-state index in [0.717, 1.165) is 5.39 Å². The van der Waals surface area contributed by atoms with Crippen LogP contribution in [0.2, 0.25) is 5.02 Å². The van der Waals surface area contributed by atoms with Gasteiger partial charge in [0.2, 0.25) is 5.71 Å². The Bertz CT molecular complexity index is 1960. The lowest BCUT2D eigenvalue weighted by Gasteiger charge is -2.09. The molecule has 0 saturated carbocycles. The summed E-state index contributed by atoms with van der Waals surface area (Å²) in [7, 11) is 0. The summed E-state index contributed by atoms with van der Waals surface area (Å²) < 4.78 is 28.0. The van der Waals surface area contributed by atoms with E-state index in [2.05, 4.69) is 15.0 Å². The maximum Gasteiger partial charge on any atom is 0.362 e. The third kappa shape index (κ3) is 2.41. The van der Waals surface area contributed by atoms with Gasteiger partial charge in [0, 0.05) is 40.3 Å². The fraction of sp³-hybridized carbons (Fsp3) is 0.0417. The van der Waals surface area contributed by atoms with Gasteiger partial charge >= 0.3 is 5.63 Å². The van der Waals surface area contributed by atoms with Gasteiger partial charge < -0.3 is 18.4 Å². The Morgan fingerprint density at radius 1 is 1.12 bits per heavy atom. The Kier molecular flexibility index (Phi) is 3.58. The number of hydrogen-bond acceptors (Lipinski definition) is 5. The number of aromatic amines is 1. The highest BCUT2D eigenvalue weighted by atomic mass is 35.5. The zero-order chi connectivity index (χ0) is 22.3. The third-order valence-electron chi connectivity index (χ3n) is 6.06. The molecule has 0 aliphatic carbocycles. The highest BCUT2D eigenvalue weighted by Crippen LogP contribution is 2.39. The molecule has 0 unspecified atom stereocenters. The number of aromatic nitrogens is 4. The number of hydrogen-bond donors (Lipinski definition) is 1. The molecule has 1 aromatic carbocycles. The van der Waals surface area contributed by atoms with E-state index < -0.39 is 11.4 Å². The van der Waals surface area contributed by atoms with Crippen LogP contribution in [0.4, 0.5) is 4.39 Å². The summed E-state index contributed by atoms with van der Waals surface area (Å²) in [6.45, 7) is 0.176. The Balaban J connectivity index is 1.67. The van der Waals surface area contributed by atoms with Crippen LogP contribution >= 0.6 is 11.6 Å². The number of H-pyrrole nitrogens is 1. The van der Waals surface area contributed by atoms with Gasteiger partial charge in [-0.05, 0) is 30.3 Å². The lowest BCUT2D eigenvalue weighted by atomic mass is 10.1. The molecule has 9 heteroatoms. The van der Waals surface area contributed by atoms with Gasteiger partial charge in [-0.2, -0.15) is 0 Å². The quantitative estimate of drug-likeness (QED) is 0.356. The molecule has 0 bridgehead atoms. The van der Waals surface area contributed by atoms with Crippen LogP contribution < -0.4 is 5.63 Å². The van der Waals surface area contributed by atoms with E-state index in [4.69, 9.17) is 20.4 Å². The lowest BCUT2D eigenvalue weighted by molar-refractivity contribution is 0.553. The van der Waals surface area contributed by atoms with Crippen LogP contribution in [-0.4, -0.2) is 19.5 Å². The minimum Gasteiger partial charge on any atom is -0.463 e. The van der Waals surface area contributed by atoms with Crippen LogP contribution in [0.1, 0.15) is 5.56 Å². The number of rotatable bonds is 2. The van der Waals surface area contributed by atoms with Gasteiger partial charge in [0.25, 0.3) is 0 Å². The molecule has 33 heavy (non-hydrogen) atoms. The molecule has 160 valence electrons. The van der Waals surface area contributed by atoms with Crippen molar-refractivity contribution in [2.24, 2.45) is 0 Å². The molecule has 0 fully saturated rings. The molecule has 0 saturated heterocycles. The summed E-state index contributed by atoms with van der Waals surface area (Å²) in [5.74, 6) is -0.451. The van der Waals surface area contributed by atoms with Crippen molar-refractivity contribution in [3.63, 3.8) is 0 Å². The minimum absolute atomic E-state index is 0.176. The van der Waals surface area contributed by atoms with E-state index in [1.165, 1.54) is 12.3 Å². The van der Waals surface area contributed by atoms with Crippen molar-refractivity contribution in [1.29, 1.82) is 0 Å². The largest absolute Gasteiger partial charge is 0.463 e. The minimum atomic E-state index is -0.584. The normalized spacial score (nSPS) is 12.2. The molecular weight excluding hydrogens is 447 g/mol. The fourth-order valence-corrected chi connectivity index (χ4v) is 4.90. The van der Waals surface area contributed by atoms with Crippen LogP contribution in [0.5, 0.6) is 0 Å². The van der Waals surface area contributed by atoms with E-state index in [1.807, 2.05) is 12.1 Å². The van der Waals surface area contributed by atoms with Gasteiger partial charge in [-0.25, -0.2) is 19.2 Å². The SMILES string of the molecule is O=c1oc2ncccc2c2c3c4occc4c(F)cc3n(Cc3cnc4[nH]ccc4c3Cl)c12. The standard InChI is InChI=1S/C24H12ClFN4O3/c25-19-11(9-29-22-14(19)3-6-27-22)10-30-16-8-15(26)12-4-7-32-21(12)18(16)17-13-2-1-5-28-23(13)33-24(31)20(17)30/h1-9H,10H2,(H,27,29). The maximum absolute atomic E-state index is 15.0. The van der Waals surface area contributed by atoms with Crippen LogP contribution in [0.25, 0.3) is 54.9 Å². The van der Waals surface area contributed by atoms with Crippen LogP contribution in [0.3, 0.4) is 0 Å². The van der Waals surface area contributed by atoms with Crippen LogP contribution in [0.15, 0.2) is 68.8 Å². The van der Waals surface area contributed by atoms with Crippen molar-refractivity contribution >= 4 is 66.5 Å². The molecular formula is C24H12ClFN4O3. The number of benzene rings is 1. The molecule has 7 nitrogen and oxygen atoms in total. The van der Waals surface area contributed by atoms with E-state index in [1.54, 1.807) is 35.3 Å². The average Bonchev–Trinajstić information content (AvgIpc) is 3.54. The van der Waals surface area contributed by atoms with Gasteiger partial charge in [-0.3, -0.25) is 0 Å². The van der Waals surface area contributed by atoms with E-state index in [0.29, 0.717) is 48.9 Å². The Hall–Kier alpha value is -4.17. The first-order valence-electron chi connectivity index (χ1n) is 10.1. The van der Waals surface area contributed by atoms with Crippen molar-refractivity contribution < 1.29 is 13.2 Å². The van der Waals surface area contributed by atoms with Gasteiger partial charge in [-0.1, -0.05) is 11.6 Å². The van der Waals surface area contributed by atoms with Crippen molar-refractivity contribution in [3.05, 3.63) is 82.0 Å². The summed E-state index contributed by atoms with van der Waals surface area (Å²) in [6, 6.07) is 8.38. The Morgan fingerprint density at radius 3 is 2.94 bits per heavy atom. The first kappa shape index (κ1) is 18.4. The Morgan fingerprint density at radius 2 is 2.03 bits per heavy atom. The maximum atomic E-state index is 15.0. The van der Waals surface area contributed by atoms with E-state index in [-0.39, 0.29) is 17.8 Å². The van der Waals surface area contributed by atoms with Crippen LogP contribution in [-0.2, 0) is 6.54 Å².